The third kappa shape index (κ3) is 1.77. The van der Waals surface area contributed by atoms with Crippen molar-refractivity contribution in [1.82, 2.24) is 15.2 Å². The predicted octanol–water partition coefficient (Wildman–Crippen LogP) is 2.50. The molecule has 1 saturated carbocycles. The zero-order valence-electron chi connectivity index (χ0n) is 9.40. The molecule has 0 radical (unpaired) electrons. The van der Waals surface area contributed by atoms with Crippen molar-refractivity contribution in [3.63, 3.8) is 0 Å². The van der Waals surface area contributed by atoms with E-state index in [0.29, 0.717) is 23.1 Å². The van der Waals surface area contributed by atoms with Crippen LogP contribution in [-0.2, 0) is 0 Å². The molecule has 17 heavy (non-hydrogen) atoms. The minimum absolute atomic E-state index is 0.318. The molecule has 0 atom stereocenters. The third-order valence-corrected chi connectivity index (χ3v) is 2.89. The molecule has 0 unspecified atom stereocenters. The van der Waals surface area contributed by atoms with Crippen LogP contribution in [0.3, 0.4) is 0 Å². The maximum Gasteiger partial charge on any atom is 0.187 e. The molecule has 0 amide bonds. The van der Waals surface area contributed by atoms with E-state index in [0.717, 1.165) is 18.7 Å². The minimum atomic E-state index is -0.370. The van der Waals surface area contributed by atoms with Gasteiger partial charge in [-0.2, -0.15) is 5.10 Å². The van der Waals surface area contributed by atoms with Gasteiger partial charge in [-0.3, -0.25) is 5.10 Å². The van der Waals surface area contributed by atoms with Gasteiger partial charge in [-0.25, -0.2) is 9.37 Å². The van der Waals surface area contributed by atoms with Crippen LogP contribution in [0, 0.1) is 5.82 Å². The van der Waals surface area contributed by atoms with E-state index in [1.807, 2.05) is 0 Å². The molecule has 1 aliphatic carbocycles. The Labute approximate surface area is 97.8 Å². The predicted molar refractivity (Wildman–Crippen MR) is 60.3 cm³/mol. The van der Waals surface area contributed by atoms with Gasteiger partial charge in [0.1, 0.15) is 17.4 Å². The molecular weight excluding hydrogens is 221 g/mol. The normalized spacial score (nSPS) is 14.9. The van der Waals surface area contributed by atoms with Gasteiger partial charge in [0.15, 0.2) is 5.82 Å². The molecule has 0 aliphatic heterocycles. The minimum Gasteiger partial charge on any atom is -0.496 e. The highest BCUT2D eigenvalue weighted by Gasteiger charge is 2.28. The van der Waals surface area contributed by atoms with Crippen LogP contribution >= 0.6 is 0 Å². The number of nitrogens with zero attached hydrogens (tertiary/aromatic N) is 2. The summed E-state index contributed by atoms with van der Waals surface area (Å²) in [5.74, 6) is 1.75. The van der Waals surface area contributed by atoms with Crippen molar-refractivity contribution in [3.8, 4) is 17.1 Å². The summed E-state index contributed by atoms with van der Waals surface area (Å²) >= 11 is 0. The second-order valence-corrected chi connectivity index (χ2v) is 4.14. The fraction of sp³-hybridized carbons (Fsp3) is 0.333. The molecule has 0 saturated heterocycles. The smallest absolute Gasteiger partial charge is 0.187 e. The largest absolute Gasteiger partial charge is 0.496 e. The number of aromatic nitrogens is 3. The topological polar surface area (TPSA) is 50.8 Å². The van der Waals surface area contributed by atoms with Crippen LogP contribution in [0.4, 0.5) is 4.39 Å². The number of nitrogens with one attached hydrogen (secondary N) is 1. The van der Waals surface area contributed by atoms with Crippen LogP contribution in [0.25, 0.3) is 11.4 Å². The summed E-state index contributed by atoms with van der Waals surface area (Å²) < 4.78 is 18.9. The van der Waals surface area contributed by atoms with E-state index < -0.39 is 0 Å². The summed E-state index contributed by atoms with van der Waals surface area (Å²) in [7, 11) is 1.51. The molecule has 3 rings (SSSR count). The van der Waals surface area contributed by atoms with Gasteiger partial charge >= 0.3 is 0 Å². The first-order valence-corrected chi connectivity index (χ1v) is 5.54. The van der Waals surface area contributed by atoms with E-state index >= 15 is 0 Å². The Morgan fingerprint density at radius 3 is 2.94 bits per heavy atom. The highest BCUT2D eigenvalue weighted by atomic mass is 19.1. The molecule has 0 spiro atoms. The summed E-state index contributed by atoms with van der Waals surface area (Å²) in [4.78, 5) is 4.33. The SMILES string of the molecule is COc1cccc(F)c1-c1n[nH]c(C2CC2)n1. The molecular formula is C12H12FN3O. The van der Waals surface area contributed by atoms with E-state index in [1.54, 1.807) is 12.1 Å². The summed E-state index contributed by atoms with van der Waals surface area (Å²) in [5, 5.41) is 6.92. The molecule has 1 heterocycles. The van der Waals surface area contributed by atoms with Gasteiger partial charge in [0.25, 0.3) is 0 Å². The van der Waals surface area contributed by atoms with E-state index in [-0.39, 0.29) is 5.82 Å². The average Bonchev–Trinajstić information content (AvgIpc) is 3.08. The molecule has 2 aromatic rings. The van der Waals surface area contributed by atoms with Crippen LogP contribution in [0.1, 0.15) is 24.6 Å². The van der Waals surface area contributed by atoms with E-state index in [9.17, 15) is 4.39 Å². The number of methoxy groups -OCH3 is 1. The number of benzene rings is 1. The number of ether oxygens (including phenoxy) is 1. The number of H-pyrrole nitrogens is 1. The fourth-order valence-electron chi connectivity index (χ4n) is 1.82. The average molecular weight is 233 g/mol. The first kappa shape index (κ1) is 10.3. The first-order valence-electron chi connectivity index (χ1n) is 5.54. The number of hydrogen-bond donors (Lipinski definition) is 1. The van der Waals surface area contributed by atoms with Crippen LogP contribution < -0.4 is 4.74 Å². The Kier molecular flexibility index (Phi) is 2.31. The summed E-state index contributed by atoms with van der Waals surface area (Å²) in [6, 6.07) is 4.68. The van der Waals surface area contributed by atoms with E-state index in [4.69, 9.17) is 4.74 Å². The quantitative estimate of drug-likeness (QED) is 0.886. The zero-order valence-corrected chi connectivity index (χ0v) is 9.40. The van der Waals surface area contributed by atoms with Crippen LogP contribution in [0.2, 0.25) is 0 Å². The molecule has 88 valence electrons. The maximum atomic E-state index is 13.8. The molecule has 1 N–H and O–H groups in total. The third-order valence-electron chi connectivity index (χ3n) is 2.89. The van der Waals surface area contributed by atoms with Crippen molar-refractivity contribution in [1.29, 1.82) is 0 Å². The van der Waals surface area contributed by atoms with Crippen LogP contribution in [0.5, 0.6) is 5.75 Å². The molecule has 1 aromatic heterocycles. The second-order valence-electron chi connectivity index (χ2n) is 4.14. The lowest BCUT2D eigenvalue weighted by Gasteiger charge is -2.05. The highest BCUT2D eigenvalue weighted by molar-refractivity contribution is 5.64. The van der Waals surface area contributed by atoms with Gasteiger partial charge in [-0.05, 0) is 25.0 Å². The van der Waals surface area contributed by atoms with Crippen molar-refractivity contribution in [2.24, 2.45) is 0 Å². The summed E-state index contributed by atoms with van der Waals surface area (Å²) in [6.45, 7) is 0. The Morgan fingerprint density at radius 2 is 2.24 bits per heavy atom. The monoisotopic (exact) mass is 233 g/mol. The van der Waals surface area contributed by atoms with Crippen molar-refractivity contribution in [3.05, 3.63) is 29.8 Å². The van der Waals surface area contributed by atoms with Crippen molar-refractivity contribution in [2.45, 2.75) is 18.8 Å². The zero-order chi connectivity index (χ0) is 11.8. The lowest BCUT2D eigenvalue weighted by molar-refractivity contribution is 0.413. The number of hydrogen-bond acceptors (Lipinski definition) is 3. The Morgan fingerprint density at radius 1 is 1.41 bits per heavy atom. The van der Waals surface area contributed by atoms with Gasteiger partial charge in [-0.1, -0.05) is 6.07 Å². The number of aromatic amines is 1. The van der Waals surface area contributed by atoms with Crippen molar-refractivity contribution < 1.29 is 9.13 Å². The van der Waals surface area contributed by atoms with Gasteiger partial charge in [0, 0.05) is 5.92 Å². The van der Waals surface area contributed by atoms with Gasteiger partial charge in [0.2, 0.25) is 0 Å². The molecule has 5 heteroatoms. The standard InChI is InChI=1S/C12H12FN3O/c1-17-9-4-2-3-8(13)10(9)12-14-11(15-16-12)7-5-6-7/h2-4,7H,5-6H2,1H3,(H,14,15,16). The number of rotatable bonds is 3. The highest BCUT2D eigenvalue weighted by Crippen LogP contribution is 2.39. The Bertz CT molecular complexity index is 548. The lowest BCUT2D eigenvalue weighted by Crippen LogP contribution is -1.93. The lowest BCUT2D eigenvalue weighted by atomic mass is 10.2. The van der Waals surface area contributed by atoms with Gasteiger partial charge < -0.3 is 4.74 Å². The molecule has 4 nitrogen and oxygen atoms in total. The first-order chi connectivity index (χ1) is 8.29. The maximum absolute atomic E-state index is 13.8. The number of halogens is 1. The van der Waals surface area contributed by atoms with E-state index in [2.05, 4.69) is 15.2 Å². The fourth-order valence-corrected chi connectivity index (χ4v) is 1.82. The summed E-state index contributed by atoms with van der Waals surface area (Å²) in [6.07, 6.45) is 2.26. The molecule has 1 aromatic carbocycles. The van der Waals surface area contributed by atoms with Crippen molar-refractivity contribution in [2.75, 3.05) is 7.11 Å². The summed E-state index contributed by atoms with van der Waals surface area (Å²) in [5.41, 5.74) is 0.318. The van der Waals surface area contributed by atoms with Crippen molar-refractivity contribution >= 4 is 0 Å². The van der Waals surface area contributed by atoms with Gasteiger partial charge in [0.05, 0.1) is 12.7 Å². The molecule has 1 fully saturated rings. The van der Waals surface area contributed by atoms with Crippen LogP contribution in [0.15, 0.2) is 18.2 Å². The van der Waals surface area contributed by atoms with E-state index in [1.165, 1.54) is 13.2 Å². The second kappa shape index (κ2) is 3.84. The van der Waals surface area contributed by atoms with Crippen LogP contribution in [-0.4, -0.2) is 22.3 Å². The molecule has 1 aliphatic rings. The van der Waals surface area contributed by atoms with Gasteiger partial charge in [-0.15, -0.1) is 0 Å². The molecule has 0 bridgehead atoms. The Hall–Kier alpha value is -1.91. The Balaban J connectivity index is 2.06.